The quantitative estimate of drug-likeness (QED) is 0.805. The van der Waals surface area contributed by atoms with Gasteiger partial charge in [0, 0.05) is 25.0 Å². The van der Waals surface area contributed by atoms with Crippen molar-refractivity contribution >= 4 is 0 Å². The van der Waals surface area contributed by atoms with Crippen molar-refractivity contribution in [2.75, 3.05) is 26.2 Å². The summed E-state index contributed by atoms with van der Waals surface area (Å²) in [5.41, 5.74) is 1.06. The fourth-order valence-corrected chi connectivity index (χ4v) is 9.34. The van der Waals surface area contributed by atoms with Gasteiger partial charge in [-0.05, 0) is 79.4 Å². The van der Waals surface area contributed by atoms with Gasteiger partial charge in [0.1, 0.15) is 0 Å². The molecule has 0 aromatic carbocycles. The van der Waals surface area contributed by atoms with Crippen molar-refractivity contribution in [2.45, 2.75) is 71.3 Å². The number of aliphatic hydroxyl groups is 2. The van der Waals surface area contributed by atoms with Gasteiger partial charge in [-0.2, -0.15) is 0 Å². The first-order valence-electron chi connectivity index (χ1n) is 11.0. The molecule has 1 spiro atoms. The average molecular weight is 348 g/mol. The molecule has 5 fully saturated rings. The van der Waals surface area contributed by atoms with Crippen molar-refractivity contribution in [3.05, 3.63) is 0 Å². The molecule has 0 aromatic heterocycles. The number of β-amino-alcohol motifs (C(OH)–C–C–N with tert-alkyl or cyclic N) is 1. The van der Waals surface area contributed by atoms with Crippen LogP contribution < -0.4 is 0 Å². The van der Waals surface area contributed by atoms with Crippen LogP contribution in [0.15, 0.2) is 0 Å². The molecule has 5 aliphatic rings. The van der Waals surface area contributed by atoms with E-state index in [4.69, 9.17) is 0 Å². The molecule has 0 unspecified atom stereocenters. The van der Waals surface area contributed by atoms with E-state index in [1.165, 1.54) is 64.5 Å². The van der Waals surface area contributed by atoms with E-state index in [9.17, 15) is 10.2 Å². The Balaban J connectivity index is 1.58. The molecule has 5 rings (SSSR count). The summed E-state index contributed by atoms with van der Waals surface area (Å²) in [4.78, 5) is 2.59. The first kappa shape index (κ1) is 17.0. The lowest BCUT2D eigenvalue weighted by atomic mass is 9.38. The van der Waals surface area contributed by atoms with E-state index in [0.29, 0.717) is 16.7 Å². The fraction of sp³-hybridized carbons (Fsp3) is 1.00. The van der Waals surface area contributed by atoms with Crippen LogP contribution in [0.3, 0.4) is 0 Å². The van der Waals surface area contributed by atoms with Crippen molar-refractivity contribution in [3.8, 4) is 0 Å². The lowest BCUT2D eigenvalue weighted by Gasteiger charge is -2.69. The first-order chi connectivity index (χ1) is 12.0. The summed E-state index contributed by atoms with van der Waals surface area (Å²) in [6, 6.07) is 0. The second-order valence-electron chi connectivity index (χ2n) is 10.9. The van der Waals surface area contributed by atoms with Gasteiger partial charge in [0.25, 0.3) is 0 Å². The third kappa shape index (κ3) is 2.04. The summed E-state index contributed by atoms with van der Waals surface area (Å²) in [6.07, 6.45) is 10.7. The molecule has 25 heavy (non-hydrogen) atoms. The van der Waals surface area contributed by atoms with E-state index >= 15 is 0 Å². The molecule has 3 heteroatoms. The van der Waals surface area contributed by atoms with Gasteiger partial charge < -0.3 is 10.2 Å². The number of nitrogens with zero attached hydrogens (tertiary/aromatic N) is 1. The van der Waals surface area contributed by atoms with E-state index in [-0.39, 0.29) is 18.1 Å². The van der Waals surface area contributed by atoms with E-state index in [0.717, 1.165) is 24.3 Å². The zero-order valence-corrected chi connectivity index (χ0v) is 16.2. The number of aliphatic hydroxyl groups excluding tert-OH is 2. The largest absolute Gasteiger partial charge is 0.395 e. The van der Waals surface area contributed by atoms with Gasteiger partial charge in [0.15, 0.2) is 0 Å². The number of hydrogen-bond acceptors (Lipinski definition) is 3. The molecule has 4 bridgehead atoms. The Kier molecular flexibility index (Phi) is 3.71. The topological polar surface area (TPSA) is 43.7 Å². The smallest absolute Gasteiger partial charge is 0.0627 e. The molecule has 1 aliphatic heterocycles. The molecule has 4 saturated carbocycles. The molecule has 0 radical (unpaired) electrons. The number of piperidine rings is 1. The van der Waals surface area contributed by atoms with Gasteiger partial charge in [-0.1, -0.05) is 20.3 Å². The third-order valence-electron chi connectivity index (χ3n) is 10.0. The highest BCUT2D eigenvalue weighted by atomic mass is 16.3. The zero-order valence-electron chi connectivity index (χ0n) is 16.2. The number of likely N-dealkylation sites (tertiary alicyclic amines) is 1. The van der Waals surface area contributed by atoms with Crippen LogP contribution in [-0.2, 0) is 0 Å². The van der Waals surface area contributed by atoms with Crippen molar-refractivity contribution in [2.24, 2.45) is 39.9 Å². The normalized spacial score (nSPS) is 57.8. The van der Waals surface area contributed by atoms with Crippen LogP contribution >= 0.6 is 0 Å². The molecule has 1 saturated heterocycles. The lowest BCUT2D eigenvalue weighted by Crippen LogP contribution is -2.68. The zero-order chi connectivity index (χ0) is 17.4. The van der Waals surface area contributed by atoms with Gasteiger partial charge in [0.05, 0.1) is 12.7 Å². The summed E-state index contributed by atoms with van der Waals surface area (Å²) < 4.78 is 0. The highest BCUT2D eigenvalue weighted by Crippen LogP contribution is 2.73. The standard InChI is InChI=1S/C22H37NO2/c1-15-16-4-5-18-21(12-16,19(15)25)9-6-17-20(2)7-3-8-22(17,18)14-23(13-20)10-11-24/h15-19,24-25H,3-14H2,1-2H3/t15-,16-,17-,18-,19+,20+,21-,22+/m1/s1. The molecule has 0 aromatic rings. The van der Waals surface area contributed by atoms with E-state index in [1.54, 1.807) is 0 Å². The summed E-state index contributed by atoms with van der Waals surface area (Å²) >= 11 is 0. The maximum atomic E-state index is 11.3. The highest BCUT2D eigenvalue weighted by molar-refractivity contribution is 5.19. The van der Waals surface area contributed by atoms with E-state index < -0.39 is 0 Å². The molecule has 2 N–H and O–H groups in total. The predicted molar refractivity (Wildman–Crippen MR) is 99.1 cm³/mol. The molecule has 1 heterocycles. The van der Waals surface area contributed by atoms with Crippen molar-refractivity contribution < 1.29 is 10.2 Å². The Morgan fingerprint density at radius 2 is 1.84 bits per heavy atom. The predicted octanol–water partition coefficient (Wildman–Crippen LogP) is 3.29. The van der Waals surface area contributed by atoms with Crippen LogP contribution in [0.1, 0.15) is 65.2 Å². The molecule has 4 aliphatic carbocycles. The minimum absolute atomic E-state index is 0.0678. The van der Waals surface area contributed by atoms with Crippen LogP contribution in [0, 0.1) is 39.9 Å². The van der Waals surface area contributed by atoms with Crippen molar-refractivity contribution in [1.82, 2.24) is 4.90 Å². The molecule has 0 amide bonds. The van der Waals surface area contributed by atoms with Crippen LogP contribution in [0.5, 0.6) is 0 Å². The summed E-state index contributed by atoms with van der Waals surface area (Å²) in [5.74, 6) is 2.84. The fourth-order valence-electron chi connectivity index (χ4n) is 9.34. The Hall–Kier alpha value is -0.120. The van der Waals surface area contributed by atoms with Crippen molar-refractivity contribution in [1.29, 1.82) is 0 Å². The van der Waals surface area contributed by atoms with Crippen LogP contribution in [-0.4, -0.2) is 47.5 Å². The monoisotopic (exact) mass is 347 g/mol. The van der Waals surface area contributed by atoms with E-state index in [2.05, 4.69) is 18.7 Å². The van der Waals surface area contributed by atoms with Gasteiger partial charge in [0.2, 0.25) is 0 Å². The summed E-state index contributed by atoms with van der Waals surface area (Å²) in [5, 5.41) is 20.9. The maximum Gasteiger partial charge on any atom is 0.0627 e. The summed E-state index contributed by atoms with van der Waals surface area (Å²) in [6.45, 7) is 8.36. The molecule has 142 valence electrons. The minimum Gasteiger partial charge on any atom is -0.395 e. The van der Waals surface area contributed by atoms with E-state index in [1.807, 2.05) is 0 Å². The minimum atomic E-state index is -0.0678. The van der Waals surface area contributed by atoms with Crippen molar-refractivity contribution in [3.63, 3.8) is 0 Å². The maximum absolute atomic E-state index is 11.3. The summed E-state index contributed by atoms with van der Waals surface area (Å²) in [7, 11) is 0. The van der Waals surface area contributed by atoms with Crippen LogP contribution in [0.25, 0.3) is 0 Å². The Labute approximate surface area is 153 Å². The molecular formula is C22H37NO2. The van der Waals surface area contributed by atoms with Gasteiger partial charge in [-0.25, -0.2) is 0 Å². The second-order valence-corrected chi connectivity index (χ2v) is 10.9. The number of rotatable bonds is 2. The Bertz CT molecular complexity index is 552. The molecular weight excluding hydrogens is 310 g/mol. The molecule has 8 atom stereocenters. The van der Waals surface area contributed by atoms with Gasteiger partial charge in [-0.3, -0.25) is 4.90 Å². The molecule has 3 nitrogen and oxygen atoms in total. The second kappa shape index (κ2) is 5.45. The number of fused-ring (bicyclic) bond motifs is 1. The SMILES string of the molecule is C[C@@H]1[C@@H]2CC[C@H]3[C@@]45CCC[C@@](C)(CN(CCO)C4)[C@H]5CC[C@]3(C2)[C@H]1O. The first-order valence-corrected chi connectivity index (χ1v) is 11.0. The lowest BCUT2D eigenvalue weighted by molar-refractivity contribution is -0.219. The van der Waals surface area contributed by atoms with Gasteiger partial charge >= 0.3 is 0 Å². The highest BCUT2D eigenvalue weighted by Gasteiger charge is 2.69. The Morgan fingerprint density at radius 3 is 2.64 bits per heavy atom. The van der Waals surface area contributed by atoms with Gasteiger partial charge in [-0.15, -0.1) is 0 Å². The number of hydrogen-bond donors (Lipinski definition) is 2. The van der Waals surface area contributed by atoms with Crippen LogP contribution in [0.2, 0.25) is 0 Å². The van der Waals surface area contributed by atoms with Crippen LogP contribution in [0.4, 0.5) is 0 Å². The Morgan fingerprint density at radius 1 is 1.00 bits per heavy atom. The average Bonchev–Trinajstić information content (AvgIpc) is 2.74. The third-order valence-corrected chi connectivity index (χ3v) is 10.0.